The molecule has 32 heavy (non-hydrogen) atoms. The summed E-state index contributed by atoms with van der Waals surface area (Å²) >= 11 is 0. The fourth-order valence-electron chi connectivity index (χ4n) is 3.52. The van der Waals surface area contributed by atoms with Crippen molar-refractivity contribution in [3.8, 4) is 5.75 Å². The summed E-state index contributed by atoms with van der Waals surface area (Å²) in [6.45, 7) is 11.8. The zero-order valence-electron chi connectivity index (χ0n) is 20.0. The molecule has 6 heteroatoms. The van der Waals surface area contributed by atoms with Crippen LogP contribution in [0.25, 0.3) is 0 Å². The smallest absolute Gasteiger partial charge is 0.261 e. The summed E-state index contributed by atoms with van der Waals surface area (Å²) in [6, 6.07) is 9.30. The standard InChI is InChI=1S/C26H35FN2O3/c1-7-19(5)28-26(31)23(8-2)29(15-21-9-11-22(27)12-10-21)25(30)16-32-24-14-17(3)13-18(4)20(24)6/h9-14,19,23H,7-8,15-16H2,1-6H3,(H,28,31)/t19-,23-/m0/s1. The molecule has 0 aliphatic heterocycles. The molecule has 5 nitrogen and oxygen atoms in total. The van der Waals surface area contributed by atoms with Crippen molar-refractivity contribution in [3.63, 3.8) is 0 Å². The Morgan fingerprint density at radius 3 is 2.31 bits per heavy atom. The minimum Gasteiger partial charge on any atom is -0.483 e. The number of ether oxygens (including phenoxy) is 1. The monoisotopic (exact) mass is 442 g/mol. The third-order valence-electron chi connectivity index (χ3n) is 5.77. The number of nitrogens with one attached hydrogen (secondary N) is 1. The number of hydrogen-bond donors (Lipinski definition) is 1. The number of aryl methyl sites for hydroxylation is 2. The average molecular weight is 443 g/mol. The van der Waals surface area contributed by atoms with Crippen LogP contribution in [-0.4, -0.2) is 35.4 Å². The first-order valence-electron chi connectivity index (χ1n) is 11.2. The van der Waals surface area contributed by atoms with Crippen molar-refractivity contribution in [2.75, 3.05) is 6.61 Å². The second-order valence-electron chi connectivity index (χ2n) is 8.38. The van der Waals surface area contributed by atoms with E-state index in [2.05, 4.69) is 11.4 Å². The van der Waals surface area contributed by atoms with Gasteiger partial charge in [0.2, 0.25) is 5.91 Å². The lowest BCUT2D eigenvalue weighted by molar-refractivity contribution is -0.143. The second kappa shape index (κ2) is 11.7. The lowest BCUT2D eigenvalue weighted by Gasteiger charge is -2.31. The van der Waals surface area contributed by atoms with Crippen LogP contribution in [0.4, 0.5) is 4.39 Å². The molecular formula is C26H35FN2O3. The predicted molar refractivity (Wildman–Crippen MR) is 125 cm³/mol. The molecule has 0 aliphatic rings. The van der Waals surface area contributed by atoms with E-state index in [1.54, 1.807) is 12.1 Å². The first kappa shape index (κ1) is 25.4. The highest BCUT2D eigenvalue weighted by Crippen LogP contribution is 2.23. The molecular weight excluding hydrogens is 407 g/mol. The Hall–Kier alpha value is -2.89. The van der Waals surface area contributed by atoms with E-state index in [4.69, 9.17) is 4.74 Å². The van der Waals surface area contributed by atoms with Gasteiger partial charge in [-0.2, -0.15) is 0 Å². The van der Waals surface area contributed by atoms with Gasteiger partial charge in [-0.1, -0.05) is 32.0 Å². The molecule has 2 aromatic carbocycles. The molecule has 1 N–H and O–H groups in total. The average Bonchev–Trinajstić information content (AvgIpc) is 2.76. The molecule has 2 amide bonds. The Balaban J connectivity index is 2.26. The minimum atomic E-state index is -0.648. The van der Waals surface area contributed by atoms with Crippen molar-refractivity contribution in [3.05, 3.63) is 64.5 Å². The number of amides is 2. The van der Waals surface area contributed by atoms with Gasteiger partial charge < -0.3 is 15.0 Å². The van der Waals surface area contributed by atoms with E-state index in [1.165, 1.54) is 17.0 Å². The lowest BCUT2D eigenvalue weighted by Crippen LogP contribution is -2.51. The van der Waals surface area contributed by atoms with E-state index in [0.717, 1.165) is 28.7 Å². The third-order valence-corrected chi connectivity index (χ3v) is 5.77. The molecule has 2 rings (SSSR count). The highest BCUT2D eigenvalue weighted by atomic mass is 19.1. The number of rotatable bonds is 10. The van der Waals surface area contributed by atoms with Crippen LogP contribution in [0.15, 0.2) is 36.4 Å². The topological polar surface area (TPSA) is 58.6 Å². The zero-order chi connectivity index (χ0) is 23.8. The van der Waals surface area contributed by atoms with Crippen molar-refractivity contribution in [2.45, 2.75) is 73.0 Å². The van der Waals surface area contributed by atoms with Crippen LogP contribution in [0.5, 0.6) is 5.75 Å². The first-order valence-corrected chi connectivity index (χ1v) is 11.2. The summed E-state index contributed by atoms with van der Waals surface area (Å²) < 4.78 is 19.3. The van der Waals surface area contributed by atoms with Crippen LogP contribution in [0.2, 0.25) is 0 Å². The molecule has 174 valence electrons. The molecule has 0 saturated carbocycles. The van der Waals surface area contributed by atoms with E-state index in [0.29, 0.717) is 12.2 Å². The maximum absolute atomic E-state index is 13.4. The molecule has 0 radical (unpaired) electrons. The zero-order valence-corrected chi connectivity index (χ0v) is 20.0. The van der Waals surface area contributed by atoms with Gasteiger partial charge >= 0.3 is 0 Å². The Morgan fingerprint density at radius 2 is 1.72 bits per heavy atom. The van der Waals surface area contributed by atoms with E-state index < -0.39 is 6.04 Å². The van der Waals surface area contributed by atoms with Gasteiger partial charge in [0.05, 0.1) is 0 Å². The molecule has 0 heterocycles. The highest BCUT2D eigenvalue weighted by molar-refractivity contribution is 5.88. The number of benzene rings is 2. The van der Waals surface area contributed by atoms with E-state index >= 15 is 0 Å². The summed E-state index contributed by atoms with van der Waals surface area (Å²) in [5.74, 6) is -0.171. The largest absolute Gasteiger partial charge is 0.483 e. The second-order valence-corrected chi connectivity index (χ2v) is 8.38. The molecule has 0 saturated heterocycles. The Bertz CT molecular complexity index is 927. The maximum atomic E-state index is 13.4. The summed E-state index contributed by atoms with van der Waals surface area (Å²) in [5, 5.41) is 2.98. The molecule has 0 unspecified atom stereocenters. The Morgan fingerprint density at radius 1 is 1.06 bits per heavy atom. The highest BCUT2D eigenvalue weighted by Gasteiger charge is 2.29. The van der Waals surface area contributed by atoms with Crippen LogP contribution in [-0.2, 0) is 16.1 Å². The van der Waals surface area contributed by atoms with Gasteiger partial charge in [0, 0.05) is 12.6 Å². The van der Waals surface area contributed by atoms with Crippen LogP contribution in [0, 0.1) is 26.6 Å². The molecule has 2 atom stereocenters. The lowest BCUT2D eigenvalue weighted by atomic mass is 10.1. The number of hydrogen-bond acceptors (Lipinski definition) is 3. The van der Waals surface area contributed by atoms with Crippen molar-refractivity contribution < 1.29 is 18.7 Å². The summed E-state index contributed by atoms with van der Waals surface area (Å²) in [5.41, 5.74) is 3.88. The molecule has 0 spiro atoms. The number of carbonyl (C=O) groups is 2. The normalized spacial score (nSPS) is 12.7. The van der Waals surface area contributed by atoms with Gasteiger partial charge in [0.25, 0.3) is 5.91 Å². The predicted octanol–water partition coefficient (Wildman–Crippen LogP) is 4.85. The summed E-state index contributed by atoms with van der Waals surface area (Å²) in [6.07, 6.45) is 1.25. The Kier molecular flexibility index (Phi) is 9.24. The minimum absolute atomic E-state index is 0.00786. The van der Waals surface area contributed by atoms with Gasteiger partial charge in [-0.05, 0) is 81.0 Å². The van der Waals surface area contributed by atoms with Crippen LogP contribution in [0.3, 0.4) is 0 Å². The number of carbonyl (C=O) groups excluding carboxylic acids is 2. The van der Waals surface area contributed by atoms with Gasteiger partial charge in [-0.3, -0.25) is 9.59 Å². The van der Waals surface area contributed by atoms with Crippen LogP contribution < -0.4 is 10.1 Å². The maximum Gasteiger partial charge on any atom is 0.261 e. The van der Waals surface area contributed by atoms with Gasteiger partial charge in [0.15, 0.2) is 6.61 Å². The van der Waals surface area contributed by atoms with Crippen LogP contribution >= 0.6 is 0 Å². The fourth-order valence-corrected chi connectivity index (χ4v) is 3.52. The van der Waals surface area contributed by atoms with Crippen molar-refractivity contribution >= 4 is 11.8 Å². The van der Waals surface area contributed by atoms with Crippen molar-refractivity contribution in [1.82, 2.24) is 10.2 Å². The first-order chi connectivity index (χ1) is 15.2. The Labute approximate surface area is 191 Å². The molecule has 2 aromatic rings. The number of halogens is 1. The van der Waals surface area contributed by atoms with Crippen LogP contribution in [0.1, 0.15) is 55.9 Å². The van der Waals surface area contributed by atoms with E-state index in [1.807, 2.05) is 47.6 Å². The summed E-state index contributed by atoms with van der Waals surface area (Å²) in [7, 11) is 0. The third kappa shape index (κ3) is 6.81. The van der Waals surface area contributed by atoms with Gasteiger partial charge in [0.1, 0.15) is 17.6 Å². The van der Waals surface area contributed by atoms with E-state index in [-0.39, 0.29) is 36.8 Å². The van der Waals surface area contributed by atoms with Crippen molar-refractivity contribution in [1.29, 1.82) is 0 Å². The van der Waals surface area contributed by atoms with E-state index in [9.17, 15) is 14.0 Å². The van der Waals surface area contributed by atoms with Crippen molar-refractivity contribution in [2.24, 2.45) is 0 Å². The fraction of sp³-hybridized carbons (Fsp3) is 0.462. The van der Waals surface area contributed by atoms with Gasteiger partial charge in [-0.15, -0.1) is 0 Å². The molecule has 0 aromatic heterocycles. The SMILES string of the molecule is CC[C@H](C)NC(=O)[C@H](CC)N(Cc1ccc(F)cc1)C(=O)COc1cc(C)cc(C)c1C. The molecule has 0 bridgehead atoms. The molecule has 0 aliphatic carbocycles. The molecule has 0 fully saturated rings. The van der Waals surface area contributed by atoms with Gasteiger partial charge in [-0.25, -0.2) is 4.39 Å². The number of nitrogens with zero attached hydrogens (tertiary/aromatic N) is 1. The quantitative estimate of drug-likeness (QED) is 0.572. The summed E-state index contributed by atoms with van der Waals surface area (Å²) in [4.78, 5) is 27.8.